The van der Waals surface area contributed by atoms with Crippen LogP contribution in [0, 0.1) is 5.41 Å². The summed E-state index contributed by atoms with van der Waals surface area (Å²) in [5, 5.41) is 12.3. The quantitative estimate of drug-likeness (QED) is 0.838. The van der Waals surface area contributed by atoms with Crippen LogP contribution in [0.2, 0.25) is 0 Å². The van der Waals surface area contributed by atoms with E-state index in [1.807, 2.05) is 13.8 Å². The Labute approximate surface area is 135 Å². The molecule has 2 N–H and O–H groups in total. The van der Waals surface area contributed by atoms with Gasteiger partial charge in [-0.15, -0.1) is 0 Å². The van der Waals surface area contributed by atoms with Gasteiger partial charge in [0.1, 0.15) is 5.75 Å². The van der Waals surface area contributed by atoms with Gasteiger partial charge in [-0.2, -0.15) is 0 Å². The first-order chi connectivity index (χ1) is 10.9. The van der Waals surface area contributed by atoms with Crippen LogP contribution in [-0.4, -0.2) is 42.8 Å². The number of carboxylic acid groups (broad SMARTS) is 1. The third-order valence-electron chi connectivity index (χ3n) is 3.99. The number of aliphatic carboxylic acids is 1. The Bertz CT molecular complexity index is 564. The third kappa shape index (κ3) is 4.22. The Morgan fingerprint density at radius 3 is 2.57 bits per heavy atom. The molecule has 126 valence electrons. The van der Waals surface area contributed by atoms with E-state index < -0.39 is 11.4 Å². The van der Waals surface area contributed by atoms with Crippen molar-refractivity contribution in [2.75, 3.05) is 19.8 Å². The fourth-order valence-electron chi connectivity index (χ4n) is 2.58. The Morgan fingerprint density at radius 2 is 1.96 bits per heavy atom. The molecule has 1 aromatic carbocycles. The molecule has 1 fully saturated rings. The van der Waals surface area contributed by atoms with Crippen molar-refractivity contribution < 1.29 is 24.2 Å². The highest BCUT2D eigenvalue weighted by atomic mass is 16.5. The number of carbonyl (C=O) groups excluding carboxylic acids is 1. The van der Waals surface area contributed by atoms with Gasteiger partial charge in [-0.25, -0.2) is 0 Å². The van der Waals surface area contributed by atoms with Gasteiger partial charge in [-0.1, -0.05) is 12.1 Å². The van der Waals surface area contributed by atoms with Gasteiger partial charge in [0.25, 0.3) is 5.91 Å². The number of ether oxygens (including phenoxy) is 2. The predicted octanol–water partition coefficient (Wildman–Crippen LogP) is 2.08. The van der Waals surface area contributed by atoms with Crippen LogP contribution in [0.3, 0.4) is 0 Å². The maximum Gasteiger partial charge on any atom is 0.311 e. The van der Waals surface area contributed by atoms with Crippen molar-refractivity contribution in [1.82, 2.24) is 5.32 Å². The molecule has 0 radical (unpaired) electrons. The second-order valence-electron chi connectivity index (χ2n) is 6.04. The molecular formula is C17H23NO5. The molecule has 1 aliphatic rings. The van der Waals surface area contributed by atoms with Gasteiger partial charge in [-0.05, 0) is 38.8 Å². The fraction of sp³-hybridized carbons (Fsp3) is 0.529. The summed E-state index contributed by atoms with van der Waals surface area (Å²) < 4.78 is 10.9. The summed E-state index contributed by atoms with van der Waals surface area (Å²) >= 11 is 0. The summed E-state index contributed by atoms with van der Waals surface area (Å²) in [6.07, 6.45) is 0.740. The van der Waals surface area contributed by atoms with Crippen LogP contribution in [0.25, 0.3) is 0 Å². The minimum Gasteiger partial charge on any atom is -0.490 e. The number of nitrogens with one attached hydrogen (secondary N) is 1. The number of hydrogen-bond acceptors (Lipinski definition) is 4. The lowest BCUT2D eigenvalue weighted by molar-refractivity contribution is -0.154. The number of carboxylic acids is 1. The van der Waals surface area contributed by atoms with E-state index in [2.05, 4.69) is 5.32 Å². The lowest BCUT2D eigenvalue weighted by atomic mass is 9.80. The van der Waals surface area contributed by atoms with Crippen molar-refractivity contribution in [2.45, 2.75) is 32.8 Å². The third-order valence-corrected chi connectivity index (χ3v) is 3.99. The number of carbonyl (C=O) groups is 2. The molecule has 23 heavy (non-hydrogen) atoms. The van der Waals surface area contributed by atoms with Crippen molar-refractivity contribution in [3.8, 4) is 5.75 Å². The first-order valence-electron chi connectivity index (χ1n) is 7.80. The van der Waals surface area contributed by atoms with Crippen molar-refractivity contribution in [1.29, 1.82) is 0 Å². The van der Waals surface area contributed by atoms with Gasteiger partial charge in [0.05, 0.1) is 17.1 Å². The number of hydrogen-bond donors (Lipinski definition) is 2. The first-order valence-corrected chi connectivity index (χ1v) is 7.80. The summed E-state index contributed by atoms with van der Waals surface area (Å²) in [6.45, 7) is 4.65. The normalized spacial score (nSPS) is 16.8. The average molecular weight is 321 g/mol. The van der Waals surface area contributed by atoms with E-state index in [0.29, 0.717) is 37.4 Å². The van der Waals surface area contributed by atoms with Gasteiger partial charge in [0, 0.05) is 19.8 Å². The zero-order chi connectivity index (χ0) is 16.9. The molecule has 0 saturated carbocycles. The van der Waals surface area contributed by atoms with Crippen LogP contribution < -0.4 is 10.1 Å². The second kappa shape index (κ2) is 7.46. The van der Waals surface area contributed by atoms with Gasteiger partial charge in [-0.3, -0.25) is 9.59 Å². The van der Waals surface area contributed by atoms with Gasteiger partial charge < -0.3 is 19.9 Å². The second-order valence-corrected chi connectivity index (χ2v) is 6.04. The molecule has 0 atom stereocenters. The van der Waals surface area contributed by atoms with E-state index in [9.17, 15) is 14.7 Å². The van der Waals surface area contributed by atoms with E-state index >= 15 is 0 Å². The SMILES string of the molecule is CC(C)Oc1ccccc1C(=O)NCC1(C(=O)O)CCOCC1. The Morgan fingerprint density at radius 1 is 1.30 bits per heavy atom. The first kappa shape index (κ1) is 17.3. The number of amides is 1. The zero-order valence-corrected chi connectivity index (χ0v) is 13.5. The lowest BCUT2D eigenvalue weighted by Crippen LogP contribution is -2.46. The van der Waals surface area contributed by atoms with Crippen LogP contribution >= 0.6 is 0 Å². The summed E-state index contributed by atoms with van der Waals surface area (Å²) in [7, 11) is 0. The molecule has 0 unspecified atom stereocenters. The molecule has 6 heteroatoms. The minimum absolute atomic E-state index is 0.0511. The summed E-state index contributed by atoms with van der Waals surface area (Å²) in [4.78, 5) is 24.0. The molecule has 0 bridgehead atoms. The van der Waals surface area contributed by atoms with E-state index in [-0.39, 0.29) is 18.6 Å². The van der Waals surface area contributed by atoms with E-state index in [1.165, 1.54) is 0 Å². The molecule has 1 heterocycles. The summed E-state index contributed by atoms with van der Waals surface area (Å²) in [5.74, 6) is -0.725. The van der Waals surface area contributed by atoms with E-state index in [1.54, 1.807) is 24.3 Å². The fourth-order valence-corrected chi connectivity index (χ4v) is 2.58. The zero-order valence-electron chi connectivity index (χ0n) is 13.5. The van der Waals surface area contributed by atoms with Crippen molar-refractivity contribution in [3.05, 3.63) is 29.8 Å². The molecule has 1 amide bonds. The molecule has 0 aromatic heterocycles. The highest BCUT2D eigenvalue weighted by Gasteiger charge is 2.40. The predicted molar refractivity (Wildman–Crippen MR) is 84.7 cm³/mol. The van der Waals surface area contributed by atoms with Gasteiger partial charge in [0.2, 0.25) is 0 Å². The van der Waals surface area contributed by atoms with Crippen LogP contribution in [0.5, 0.6) is 5.75 Å². The molecule has 2 rings (SSSR count). The van der Waals surface area contributed by atoms with Gasteiger partial charge in [0.15, 0.2) is 0 Å². The number of rotatable bonds is 6. The van der Waals surface area contributed by atoms with Crippen LogP contribution in [-0.2, 0) is 9.53 Å². The topological polar surface area (TPSA) is 84.9 Å². The Kier molecular flexibility index (Phi) is 5.60. The standard InChI is InChI=1S/C17H23NO5/c1-12(2)23-14-6-4-3-5-13(14)15(19)18-11-17(16(20)21)7-9-22-10-8-17/h3-6,12H,7-11H2,1-2H3,(H,18,19)(H,20,21). The Hall–Kier alpha value is -2.08. The Balaban J connectivity index is 2.08. The summed E-state index contributed by atoms with van der Waals surface area (Å²) in [6, 6.07) is 6.95. The van der Waals surface area contributed by atoms with Crippen molar-refractivity contribution in [2.24, 2.45) is 5.41 Å². The summed E-state index contributed by atoms with van der Waals surface area (Å²) in [5.41, 5.74) is -0.546. The molecule has 0 spiro atoms. The minimum atomic E-state index is -0.957. The van der Waals surface area contributed by atoms with Gasteiger partial charge >= 0.3 is 5.97 Å². The monoisotopic (exact) mass is 321 g/mol. The molecule has 1 saturated heterocycles. The highest BCUT2D eigenvalue weighted by Crippen LogP contribution is 2.30. The molecule has 1 aromatic rings. The van der Waals surface area contributed by atoms with Crippen LogP contribution in [0.1, 0.15) is 37.0 Å². The van der Waals surface area contributed by atoms with E-state index in [4.69, 9.17) is 9.47 Å². The largest absolute Gasteiger partial charge is 0.490 e. The highest BCUT2D eigenvalue weighted by molar-refractivity contribution is 5.97. The maximum absolute atomic E-state index is 12.4. The van der Waals surface area contributed by atoms with Crippen molar-refractivity contribution >= 4 is 11.9 Å². The van der Waals surface area contributed by atoms with E-state index in [0.717, 1.165) is 0 Å². The van der Waals surface area contributed by atoms with Crippen LogP contribution in [0.4, 0.5) is 0 Å². The number of benzene rings is 1. The molecule has 6 nitrogen and oxygen atoms in total. The average Bonchev–Trinajstić information content (AvgIpc) is 2.53. The number of para-hydroxylation sites is 1. The smallest absolute Gasteiger partial charge is 0.311 e. The molecular weight excluding hydrogens is 298 g/mol. The molecule has 1 aliphatic heterocycles. The van der Waals surface area contributed by atoms with Crippen molar-refractivity contribution in [3.63, 3.8) is 0 Å². The van der Waals surface area contributed by atoms with Crippen LogP contribution in [0.15, 0.2) is 24.3 Å². The molecule has 0 aliphatic carbocycles. The lowest BCUT2D eigenvalue weighted by Gasteiger charge is -2.33. The maximum atomic E-state index is 12.4.